The molecule has 0 radical (unpaired) electrons. The van der Waals surface area contributed by atoms with Gasteiger partial charge in [0.25, 0.3) is 0 Å². The lowest BCUT2D eigenvalue weighted by molar-refractivity contribution is -0.303. The van der Waals surface area contributed by atoms with Gasteiger partial charge in [0.2, 0.25) is 0 Å². The lowest BCUT2D eigenvalue weighted by Crippen LogP contribution is -2.61. The fourth-order valence-electron chi connectivity index (χ4n) is 14.1. The summed E-state index contributed by atoms with van der Waals surface area (Å²) in [6.45, 7) is 18.6. The second kappa shape index (κ2) is 9.02. The maximum atomic E-state index is 12.7. The molecule has 5 saturated carbocycles. The number of hydrogen-bond acceptors (Lipinski definition) is 8. The molecule has 8 nitrogen and oxygen atoms in total. The molecule has 8 aliphatic rings. The Morgan fingerprint density at radius 3 is 2.20 bits per heavy atom. The average molecular weight is 619 g/mol. The van der Waals surface area contributed by atoms with Gasteiger partial charge in [0, 0.05) is 11.3 Å². The zero-order chi connectivity index (χ0) is 31.6. The molecule has 3 heterocycles. The molecule has 0 amide bonds. The van der Waals surface area contributed by atoms with Crippen molar-refractivity contribution in [3.8, 4) is 0 Å². The van der Waals surface area contributed by atoms with Crippen LogP contribution in [0, 0.1) is 56.2 Å². The molecule has 17 atom stereocenters. The summed E-state index contributed by atoms with van der Waals surface area (Å²) in [5, 5.41) is 43.6. The minimum Gasteiger partial charge on any atom is -0.388 e. The molecule has 0 aromatic heterocycles. The van der Waals surface area contributed by atoms with Crippen LogP contribution in [0.25, 0.3) is 0 Å². The normalized spacial score (nSPS) is 62.2. The molecule has 8 heteroatoms. The monoisotopic (exact) mass is 618 g/mol. The summed E-state index contributed by atoms with van der Waals surface area (Å²) < 4.78 is 26.2. The van der Waals surface area contributed by atoms with Gasteiger partial charge < -0.3 is 39.4 Å². The van der Waals surface area contributed by atoms with E-state index in [1.807, 2.05) is 0 Å². The Hall–Kier alpha value is -0.320. The van der Waals surface area contributed by atoms with Crippen LogP contribution >= 0.6 is 0 Å². The van der Waals surface area contributed by atoms with Crippen LogP contribution < -0.4 is 0 Å². The quantitative estimate of drug-likeness (QED) is 0.337. The van der Waals surface area contributed by atoms with Gasteiger partial charge in [0.15, 0.2) is 12.1 Å². The van der Waals surface area contributed by atoms with Crippen molar-refractivity contribution in [3.63, 3.8) is 0 Å². The van der Waals surface area contributed by atoms with Gasteiger partial charge in [-0.1, -0.05) is 55.4 Å². The fourth-order valence-corrected chi connectivity index (χ4v) is 14.1. The van der Waals surface area contributed by atoms with E-state index in [0.29, 0.717) is 17.8 Å². The van der Waals surface area contributed by atoms with Crippen LogP contribution in [0.1, 0.15) is 107 Å². The van der Waals surface area contributed by atoms with Crippen molar-refractivity contribution in [1.82, 2.24) is 0 Å². The van der Waals surface area contributed by atoms with E-state index >= 15 is 0 Å². The average Bonchev–Trinajstić information content (AvgIpc) is 3.45. The first kappa shape index (κ1) is 31.0. The summed E-state index contributed by atoms with van der Waals surface area (Å²) in [6, 6.07) is 0. The standard InChI is InChI=1S/C36H58O8/c1-18-15-20-27(30(2,3)4)44-36(43-20)26(18)32(7)13-14-35-17-34(35)12-11-23(42-28-25(39)24(38)19(37)16-41-28)31(5,6)21(34)9-10-22(35)33(32,8)29(36)40/h18-29,37-40H,9-17H2,1-8H3/t18?,19-,20-,21?,22?,23-,24+,25-,26?,27-,28?,29?,32+,33+,34+,35-,36-/m0/s1. The molecule has 2 bridgehead atoms. The van der Waals surface area contributed by atoms with Gasteiger partial charge in [0.1, 0.15) is 24.4 Å². The number of fused-ring (bicyclic) bond motifs is 4. The lowest BCUT2D eigenvalue weighted by Gasteiger charge is -2.63. The van der Waals surface area contributed by atoms with Crippen LogP contribution in [0.2, 0.25) is 0 Å². The molecular weight excluding hydrogens is 560 g/mol. The Balaban J connectivity index is 1.10. The molecule has 6 unspecified atom stereocenters. The van der Waals surface area contributed by atoms with Crippen LogP contribution in [-0.4, -0.2) is 81.8 Å². The van der Waals surface area contributed by atoms with E-state index in [1.165, 1.54) is 12.8 Å². The van der Waals surface area contributed by atoms with Gasteiger partial charge >= 0.3 is 0 Å². The molecule has 4 N–H and O–H groups in total. The third-order valence-electron chi connectivity index (χ3n) is 16.0. The molecule has 3 aliphatic heterocycles. The Morgan fingerprint density at radius 2 is 1.50 bits per heavy atom. The minimum atomic E-state index is -1.27. The van der Waals surface area contributed by atoms with E-state index in [2.05, 4.69) is 55.4 Å². The molecule has 44 heavy (non-hydrogen) atoms. The predicted molar refractivity (Wildman–Crippen MR) is 162 cm³/mol. The zero-order valence-corrected chi connectivity index (χ0v) is 28.2. The molecule has 5 aliphatic carbocycles. The van der Waals surface area contributed by atoms with Crippen molar-refractivity contribution in [2.45, 2.75) is 162 Å². The Labute approximate surface area is 263 Å². The third-order valence-corrected chi connectivity index (χ3v) is 16.0. The summed E-state index contributed by atoms with van der Waals surface area (Å²) in [5.74, 6) is 0.586. The van der Waals surface area contributed by atoms with E-state index in [0.717, 1.165) is 38.5 Å². The van der Waals surface area contributed by atoms with Gasteiger partial charge in [-0.25, -0.2) is 0 Å². The minimum absolute atomic E-state index is 0.0129. The molecule has 3 saturated heterocycles. The molecule has 250 valence electrons. The van der Waals surface area contributed by atoms with Crippen LogP contribution in [-0.2, 0) is 18.9 Å². The van der Waals surface area contributed by atoms with E-state index < -0.39 is 36.5 Å². The van der Waals surface area contributed by atoms with E-state index in [1.54, 1.807) is 0 Å². The number of aliphatic hydroxyl groups excluding tert-OH is 4. The van der Waals surface area contributed by atoms with E-state index in [9.17, 15) is 20.4 Å². The highest BCUT2D eigenvalue weighted by Crippen LogP contribution is 2.90. The first-order chi connectivity index (χ1) is 20.4. The predicted octanol–water partition coefficient (Wildman–Crippen LogP) is 4.40. The SMILES string of the molecule is CC1C[C@@H]2O[C@@]3(O[C@@H]2C(C)(C)C)C(O)[C@@]2(C)C4CCC5C(C)(C)[C@@H](OC6OC[C@H](O)[C@@H](O)[C@@H]6O)CC[C@@]56C[C@@]46CC[C@]2(C)C13. The molecule has 8 fully saturated rings. The number of hydrogen-bond donors (Lipinski definition) is 4. The highest BCUT2D eigenvalue weighted by molar-refractivity contribution is 5.34. The van der Waals surface area contributed by atoms with Gasteiger partial charge in [-0.15, -0.1) is 0 Å². The third kappa shape index (κ3) is 3.39. The Bertz CT molecular complexity index is 1200. The van der Waals surface area contributed by atoms with Crippen LogP contribution in [0.15, 0.2) is 0 Å². The molecule has 3 spiro atoms. The largest absolute Gasteiger partial charge is 0.388 e. The maximum absolute atomic E-state index is 12.7. The Morgan fingerprint density at radius 1 is 0.818 bits per heavy atom. The zero-order valence-electron chi connectivity index (χ0n) is 28.2. The lowest BCUT2D eigenvalue weighted by atomic mass is 9.41. The first-order valence-corrected chi connectivity index (χ1v) is 17.8. The van der Waals surface area contributed by atoms with Crippen molar-refractivity contribution >= 4 is 0 Å². The van der Waals surface area contributed by atoms with Crippen molar-refractivity contribution in [3.05, 3.63) is 0 Å². The van der Waals surface area contributed by atoms with Gasteiger partial charge in [0.05, 0.1) is 24.9 Å². The highest BCUT2D eigenvalue weighted by Gasteiger charge is 2.88. The van der Waals surface area contributed by atoms with Crippen molar-refractivity contribution in [2.24, 2.45) is 56.2 Å². The maximum Gasteiger partial charge on any atom is 0.199 e. The van der Waals surface area contributed by atoms with Gasteiger partial charge in [-0.05, 0) is 96.2 Å². The Kier molecular flexibility index (Phi) is 6.35. The fraction of sp³-hybridized carbons (Fsp3) is 1.00. The van der Waals surface area contributed by atoms with E-state index in [-0.39, 0.29) is 63.3 Å². The van der Waals surface area contributed by atoms with Gasteiger partial charge in [-0.3, -0.25) is 0 Å². The molecule has 8 rings (SSSR count). The number of aliphatic hydroxyl groups is 4. The van der Waals surface area contributed by atoms with Crippen LogP contribution in [0.5, 0.6) is 0 Å². The summed E-state index contributed by atoms with van der Waals surface area (Å²) >= 11 is 0. The first-order valence-electron chi connectivity index (χ1n) is 17.8. The number of rotatable bonds is 2. The molecule has 0 aromatic carbocycles. The second-order valence-electron chi connectivity index (χ2n) is 19.0. The van der Waals surface area contributed by atoms with Crippen molar-refractivity contribution in [2.75, 3.05) is 6.61 Å². The van der Waals surface area contributed by atoms with Crippen molar-refractivity contribution in [1.29, 1.82) is 0 Å². The summed E-state index contributed by atoms with van der Waals surface area (Å²) in [5.41, 5.74) is -0.112. The van der Waals surface area contributed by atoms with Crippen LogP contribution in [0.3, 0.4) is 0 Å². The number of ether oxygens (including phenoxy) is 4. The van der Waals surface area contributed by atoms with Gasteiger partial charge in [-0.2, -0.15) is 0 Å². The molecular formula is C36H58O8. The highest BCUT2D eigenvalue weighted by atomic mass is 16.8. The molecule has 0 aromatic rings. The second-order valence-corrected chi connectivity index (χ2v) is 19.0. The summed E-state index contributed by atoms with van der Waals surface area (Å²) in [6.07, 6.45) is 3.35. The smallest absolute Gasteiger partial charge is 0.199 e. The van der Waals surface area contributed by atoms with Crippen LogP contribution in [0.4, 0.5) is 0 Å². The van der Waals surface area contributed by atoms with E-state index in [4.69, 9.17) is 18.9 Å². The summed E-state index contributed by atoms with van der Waals surface area (Å²) in [4.78, 5) is 0. The topological polar surface area (TPSA) is 118 Å². The summed E-state index contributed by atoms with van der Waals surface area (Å²) in [7, 11) is 0. The van der Waals surface area contributed by atoms with Crippen molar-refractivity contribution < 1.29 is 39.4 Å².